The Kier molecular flexibility index (Phi) is 2.83. The van der Waals surface area contributed by atoms with Gasteiger partial charge in [-0.2, -0.15) is 0 Å². The smallest absolute Gasteiger partial charge is 0.337 e. The molecule has 4 heteroatoms. The van der Waals surface area contributed by atoms with Crippen molar-refractivity contribution in [3.63, 3.8) is 0 Å². The minimum atomic E-state index is -0.920. The number of carboxylic acid groups (broad SMARTS) is 1. The Labute approximate surface area is 101 Å². The number of aromatic nitrogens is 1. The van der Waals surface area contributed by atoms with Crippen molar-refractivity contribution in [3.8, 4) is 11.1 Å². The van der Waals surface area contributed by atoms with Gasteiger partial charge in [-0.15, -0.1) is 0 Å². The maximum atomic E-state index is 11.0. The van der Waals surface area contributed by atoms with E-state index in [4.69, 9.17) is 5.11 Å². The second-order valence-corrected chi connectivity index (χ2v) is 4.41. The zero-order valence-electron chi connectivity index (χ0n) is 8.62. The summed E-state index contributed by atoms with van der Waals surface area (Å²) in [5.74, 6) is -0.920. The predicted octanol–water partition coefficient (Wildman–Crippen LogP) is 3.45. The molecule has 0 saturated heterocycles. The molecule has 3 nitrogen and oxygen atoms in total. The molecule has 0 aliphatic rings. The summed E-state index contributed by atoms with van der Waals surface area (Å²) in [4.78, 5) is 13.8. The van der Waals surface area contributed by atoms with Crippen molar-refractivity contribution in [1.29, 1.82) is 0 Å². The van der Waals surface area contributed by atoms with Crippen LogP contribution in [0.25, 0.3) is 11.1 Å². The fraction of sp³-hybridized carbons (Fsp3) is 0.0833. The average molecular weight is 280 g/mol. The molecular weight excluding hydrogens is 270 g/mol. The molecule has 2 N–H and O–H groups in total. The van der Waals surface area contributed by atoms with Gasteiger partial charge in [0.05, 0.1) is 5.56 Å². The van der Waals surface area contributed by atoms with E-state index < -0.39 is 5.97 Å². The highest BCUT2D eigenvalue weighted by Gasteiger charge is 2.12. The summed E-state index contributed by atoms with van der Waals surface area (Å²) in [5.41, 5.74) is 2.99. The van der Waals surface area contributed by atoms with Gasteiger partial charge in [-0.25, -0.2) is 4.79 Å². The van der Waals surface area contributed by atoms with E-state index in [0.717, 1.165) is 15.6 Å². The van der Waals surface area contributed by atoms with Crippen LogP contribution in [0.4, 0.5) is 0 Å². The van der Waals surface area contributed by atoms with E-state index in [1.54, 1.807) is 6.20 Å². The van der Waals surface area contributed by atoms with Gasteiger partial charge in [0.15, 0.2) is 0 Å². The number of aromatic carboxylic acids is 1. The van der Waals surface area contributed by atoms with E-state index in [9.17, 15) is 4.79 Å². The molecule has 0 spiro atoms. The van der Waals surface area contributed by atoms with Crippen LogP contribution in [0.2, 0.25) is 0 Å². The van der Waals surface area contributed by atoms with E-state index in [0.29, 0.717) is 11.1 Å². The van der Waals surface area contributed by atoms with Gasteiger partial charge in [0.1, 0.15) is 0 Å². The first-order valence-corrected chi connectivity index (χ1v) is 5.55. The van der Waals surface area contributed by atoms with Gasteiger partial charge >= 0.3 is 5.97 Å². The van der Waals surface area contributed by atoms with Crippen LogP contribution in [0.15, 0.2) is 35.1 Å². The van der Waals surface area contributed by atoms with Gasteiger partial charge < -0.3 is 10.1 Å². The largest absolute Gasteiger partial charge is 0.478 e. The number of carbonyl (C=O) groups is 1. The summed E-state index contributed by atoms with van der Waals surface area (Å²) in [6.07, 6.45) is 3.20. The van der Waals surface area contributed by atoms with Gasteiger partial charge in [-0.1, -0.05) is 28.1 Å². The first-order valence-electron chi connectivity index (χ1n) is 4.76. The van der Waals surface area contributed by atoms with Crippen LogP contribution in [0.3, 0.4) is 0 Å². The Morgan fingerprint density at radius 2 is 2.12 bits per heavy atom. The predicted molar refractivity (Wildman–Crippen MR) is 65.6 cm³/mol. The minimum Gasteiger partial charge on any atom is -0.478 e. The Bertz CT molecular complexity index is 546. The number of hydrogen-bond acceptors (Lipinski definition) is 1. The molecule has 0 amide bonds. The van der Waals surface area contributed by atoms with Crippen molar-refractivity contribution >= 4 is 21.9 Å². The third-order valence-electron chi connectivity index (χ3n) is 2.44. The summed E-state index contributed by atoms with van der Waals surface area (Å²) in [6.45, 7) is 1.97. The molecule has 2 rings (SSSR count). The summed E-state index contributed by atoms with van der Waals surface area (Å²) in [5, 5.41) is 9.01. The number of carboxylic acids is 1. The van der Waals surface area contributed by atoms with Crippen molar-refractivity contribution in [2.24, 2.45) is 0 Å². The zero-order valence-corrected chi connectivity index (χ0v) is 10.2. The molecule has 1 aromatic heterocycles. The number of H-pyrrole nitrogens is 1. The molecule has 1 aromatic carbocycles. The number of aryl methyl sites for hydroxylation is 1. The van der Waals surface area contributed by atoms with Crippen LogP contribution in [-0.2, 0) is 0 Å². The fourth-order valence-corrected chi connectivity index (χ4v) is 1.84. The van der Waals surface area contributed by atoms with Gasteiger partial charge in [0, 0.05) is 22.4 Å². The molecule has 16 heavy (non-hydrogen) atoms. The Morgan fingerprint density at radius 1 is 1.38 bits per heavy atom. The topological polar surface area (TPSA) is 53.1 Å². The molecule has 1 heterocycles. The summed E-state index contributed by atoms with van der Waals surface area (Å²) in [7, 11) is 0. The van der Waals surface area contributed by atoms with Crippen molar-refractivity contribution in [1.82, 2.24) is 4.98 Å². The van der Waals surface area contributed by atoms with Gasteiger partial charge in [0.25, 0.3) is 0 Å². The molecule has 0 aliphatic carbocycles. The van der Waals surface area contributed by atoms with E-state index in [1.807, 2.05) is 25.1 Å². The highest BCUT2D eigenvalue weighted by molar-refractivity contribution is 9.10. The molecular formula is C12H10BrNO2. The maximum Gasteiger partial charge on any atom is 0.337 e. The van der Waals surface area contributed by atoms with Crippen LogP contribution in [0.5, 0.6) is 0 Å². The van der Waals surface area contributed by atoms with Crippen LogP contribution in [0.1, 0.15) is 15.9 Å². The second kappa shape index (κ2) is 4.14. The van der Waals surface area contributed by atoms with E-state index in [-0.39, 0.29) is 0 Å². The van der Waals surface area contributed by atoms with Crippen LogP contribution in [0, 0.1) is 6.92 Å². The monoisotopic (exact) mass is 279 g/mol. The SMILES string of the molecule is Cc1cc(-c2c[nH]cc2C(=O)O)ccc1Br. The molecule has 0 saturated carbocycles. The highest BCUT2D eigenvalue weighted by atomic mass is 79.9. The van der Waals surface area contributed by atoms with E-state index in [1.165, 1.54) is 6.20 Å². The minimum absolute atomic E-state index is 0.293. The zero-order chi connectivity index (χ0) is 11.7. The highest BCUT2D eigenvalue weighted by Crippen LogP contribution is 2.27. The molecule has 0 fully saturated rings. The third-order valence-corrected chi connectivity index (χ3v) is 3.33. The summed E-state index contributed by atoms with van der Waals surface area (Å²) >= 11 is 3.42. The molecule has 2 aromatic rings. The van der Waals surface area contributed by atoms with Crippen molar-refractivity contribution in [3.05, 3.63) is 46.2 Å². The molecule has 0 bridgehead atoms. The molecule has 0 aliphatic heterocycles. The molecule has 0 atom stereocenters. The van der Waals surface area contributed by atoms with Gasteiger partial charge in [-0.05, 0) is 24.1 Å². The van der Waals surface area contributed by atoms with E-state index >= 15 is 0 Å². The Hall–Kier alpha value is -1.55. The number of hydrogen-bond donors (Lipinski definition) is 2. The molecule has 82 valence electrons. The van der Waals surface area contributed by atoms with Crippen molar-refractivity contribution < 1.29 is 9.90 Å². The summed E-state index contributed by atoms with van der Waals surface area (Å²) in [6, 6.07) is 5.77. The lowest BCUT2D eigenvalue weighted by molar-refractivity contribution is 0.0698. The normalized spacial score (nSPS) is 10.4. The molecule has 0 unspecified atom stereocenters. The molecule has 0 radical (unpaired) electrons. The van der Waals surface area contributed by atoms with Crippen LogP contribution >= 0.6 is 15.9 Å². The van der Waals surface area contributed by atoms with Crippen molar-refractivity contribution in [2.75, 3.05) is 0 Å². The Morgan fingerprint density at radius 3 is 2.75 bits per heavy atom. The number of halogens is 1. The Balaban J connectivity index is 2.54. The number of aromatic amines is 1. The fourth-order valence-electron chi connectivity index (χ4n) is 1.59. The van der Waals surface area contributed by atoms with Crippen molar-refractivity contribution in [2.45, 2.75) is 6.92 Å². The maximum absolute atomic E-state index is 11.0. The van der Waals surface area contributed by atoms with Crippen LogP contribution < -0.4 is 0 Å². The third kappa shape index (κ3) is 1.88. The number of benzene rings is 1. The lowest BCUT2D eigenvalue weighted by atomic mass is 10.0. The lowest BCUT2D eigenvalue weighted by Gasteiger charge is -2.03. The lowest BCUT2D eigenvalue weighted by Crippen LogP contribution is -1.96. The number of rotatable bonds is 2. The van der Waals surface area contributed by atoms with Gasteiger partial charge in [-0.3, -0.25) is 0 Å². The first-order chi connectivity index (χ1) is 7.59. The average Bonchev–Trinajstić information content (AvgIpc) is 2.71. The number of nitrogens with one attached hydrogen (secondary N) is 1. The van der Waals surface area contributed by atoms with Crippen LogP contribution in [-0.4, -0.2) is 16.1 Å². The van der Waals surface area contributed by atoms with E-state index in [2.05, 4.69) is 20.9 Å². The first kappa shape index (κ1) is 11.0. The standard InChI is InChI=1S/C12H10BrNO2/c1-7-4-8(2-3-11(7)13)9-5-14-6-10(9)12(15)16/h2-6,14H,1H3,(H,15,16). The quantitative estimate of drug-likeness (QED) is 0.885. The second-order valence-electron chi connectivity index (χ2n) is 3.55. The summed E-state index contributed by atoms with van der Waals surface area (Å²) < 4.78 is 1.02. The van der Waals surface area contributed by atoms with Gasteiger partial charge in [0.2, 0.25) is 0 Å².